The molecule has 2 rings (SSSR count). The summed E-state index contributed by atoms with van der Waals surface area (Å²) < 4.78 is 41.1. The minimum Gasteiger partial charge on any atom is -0.350 e. The maximum atomic E-state index is 13.5. The van der Waals surface area contributed by atoms with Gasteiger partial charge in [-0.25, -0.2) is 13.2 Å². The molecule has 0 unspecified atom stereocenters. The van der Waals surface area contributed by atoms with E-state index in [-0.39, 0.29) is 6.54 Å². The van der Waals surface area contributed by atoms with Gasteiger partial charge < -0.3 is 5.32 Å². The van der Waals surface area contributed by atoms with Crippen LogP contribution >= 0.6 is 0 Å². The molecule has 0 bridgehead atoms. The van der Waals surface area contributed by atoms with Crippen LogP contribution in [0.25, 0.3) is 0 Å². The first-order chi connectivity index (χ1) is 10.3. The van der Waals surface area contributed by atoms with Crippen molar-refractivity contribution in [3.05, 3.63) is 52.1 Å². The molecule has 0 aliphatic rings. The number of benzene rings is 1. The number of carbonyl (C=O) groups excluding carboxylic acids is 1. The Balaban J connectivity index is 2.02. The number of amides is 1. The van der Waals surface area contributed by atoms with Crippen LogP contribution in [0.2, 0.25) is 0 Å². The summed E-state index contributed by atoms with van der Waals surface area (Å²) >= 11 is 0. The van der Waals surface area contributed by atoms with Gasteiger partial charge in [0.05, 0.1) is 17.8 Å². The zero-order valence-electron chi connectivity index (χ0n) is 12.5. The third kappa shape index (κ3) is 2.98. The number of nitrogens with one attached hydrogen (secondary N) is 1. The number of aromatic nitrogens is 2. The summed E-state index contributed by atoms with van der Waals surface area (Å²) in [4.78, 5) is 11.8. The Morgan fingerprint density at radius 1 is 1.18 bits per heavy atom. The third-order valence-corrected chi connectivity index (χ3v) is 3.63. The highest BCUT2D eigenvalue weighted by molar-refractivity contribution is 5.94. The second-order valence-electron chi connectivity index (χ2n) is 5.00. The van der Waals surface area contributed by atoms with Gasteiger partial charge in [0.15, 0.2) is 17.5 Å². The van der Waals surface area contributed by atoms with Gasteiger partial charge in [-0.1, -0.05) is 0 Å². The lowest BCUT2D eigenvalue weighted by atomic mass is 10.2. The summed E-state index contributed by atoms with van der Waals surface area (Å²) in [6.07, 6.45) is 0. The lowest BCUT2D eigenvalue weighted by molar-refractivity contribution is 0.0946. The van der Waals surface area contributed by atoms with Crippen LogP contribution in [0.3, 0.4) is 0 Å². The monoisotopic (exact) mass is 311 g/mol. The van der Waals surface area contributed by atoms with E-state index in [2.05, 4.69) is 10.4 Å². The van der Waals surface area contributed by atoms with Gasteiger partial charge in [-0.2, -0.15) is 5.10 Å². The molecule has 1 aromatic carbocycles. The molecular weight excluding hydrogens is 295 g/mol. The number of nitrogens with zero attached hydrogens (tertiary/aromatic N) is 2. The Bertz CT molecular complexity index is 725. The minimum absolute atomic E-state index is 0.193. The van der Waals surface area contributed by atoms with E-state index in [0.717, 1.165) is 29.1 Å². The van der Waals surface area contributed by atoms with Crippen molar-refractivity contribution in [3.8, 4) is 0 Å². The molecule has 1 N–H and O–H groups in total. The Kier molecular flexibility index (Phi) is 4.54. The van der Waals surface area contributed by atoms with Crippen molar-refractivity contribution in [1.82, 2.24) is 15.1 Å². The fourth-order valence-electron chi connectivity index (χ4n) is 2.08. The average Bonchev–Trinajstić information content (AvgIpc) is 2.72. The van der Waals surface area contributed by atoms with E-state index in [1.807, 2.05) is 20.8 Å². The van der Waals surface area contributed by atoms with E-state index in [1.54, 1.807) is 4.68 Å². The van der Waals surface area contributed by atoms with Crippen LogP contribution in [0.4, 0.5) is 13.2 Å². The first kappa shape index (κ1) is 16.1. The minimum atomic E-state index is -1.65. The summed E-state index contributed by atoms with van der Waals surface area (Å²) in [7, 11) is 0. The van der Waals surface area contributed by atoms with Gasteiger partial charge in [-0.05, 0) is 38.5 Å². The van der Waals surface area contributed by atoms with Gasteiger partial charge in [0, 0.05) is 12.2 Å². The summed E-state index contributed by atoms with van der Waals surface area (Å²) in [5.41, 5.74) is 2.42. The molecule has 0 aliphatic carbocycles. The van der Waals surface area contributed by atoms with Crippen molar-refractivity contribution < 1.29 is 18.0 Å². The SMILES string of the molecule is Cc1nn(CCNC(=O)c2ccc(F)c(F)c2F)c(C)c1C. The van der Waals surface area contributed by atoms with Gasteiger partial charge in [0.1, 0.15) is 0 Å². The highest BCUT2D eigenvalue weighted by atomic mass is 19.2. The Morgan fingerprint density at radius 2 is 1.86 bits per heavy atom. The molecule has 0 aliphatic heterocycles. The van der Waals surface area contributed by atoms with Gasteiger partial charge in [-0.3, -0.25) is 9.48 Å². The molecule has 0 saturated heterocycles. The lowest BCUT2D eigenvalue weighted by Gasteiger charge is -2.08. The van der Waals surface area contributed by atoms with Crippen molar-refractivity contribution in [2.75, 3.05) is 6.54 Å². The summed E-state index contributed by atoms with van der Waals surface area (Å²) in [5, 5.41) is 6.77. The third-order valence-electron chi connectivity index (χ3n) is 3.63. The molecule has 7 heteroatoms. The predicted molar refractivity (Wildman–Crippen MR) is 75.1 cm³/mol. The number of hydrogen-bond donors (Lipinski definition) is 1. The van der Waals surface area contributed by atoms with Gasteiger partial charge >= 0.3 is 0 Å². The molecule has 0 radical (unpaired) electrons. The van der Waals surface area contributed by atoms with Crippen LogP contribution < -0.4 is 5.32 Å². The molecule has 1 amide bonds. The normalized spacial score (nSPS) is 10.8. The smallest absolute Gasteiger partial charge is 0.254 e. The highest BCUT2D eigenvalue weighted by Gasteiger charge is 2.18. The molecule has 2 aromatic rings. The molecular formula is C15H16F3N3O. The van der Waals surface area contributed by atoms with Crippen molar-refractivity contribution in [2.45, 2.75) is 27.3 Å². The quantitative estimate of drug-likeness (QED) is 0.883. The van der Waals surface area contributed by atoms with Crippen molar-refractivity contribution >= 4 is 5.91 Å². The number of aryl methyl sites for hydroxylation is 1. The molecule has 1 aromatic heterocycles. The fourth-order valence-corrected chi connectivity index (χ4v) is 2.08. The fraction of sp³-hybridized carbons (Fsp3) is 0.333. The van der Waals surface area contributed by atoms with Crippen molar-refractivity contribution in [1.29, 1.82) is 0 Å². The molecule has 0 fully saturated rings. The second-order valence-corrected chi connectivity index (χ2v) is 5.00. The maximum Gasteiger partial charge on any atom is 0.254 e. The predicted octanol–water partition coefficient (Wildman–Crippen LogP) is 2.66. The van der Waals surface area contributed by atoms with Gasteiger partial charge in [-0.15, -0.1) is 0 Å². The molecule has 1 heterocycles. The first-order valence-corrected chi connectivity index (χ1v) is 6.75. The number of halogens is 3. The van der Waals surface area contributed by atoms with Crippen LogP contribution in [0.5, 0.6) is 0 Å². The van der Waals surface area contributed by atoms with E-state index in [9.17, 15) is 18.0 Å². The lowest BCUT2D eigenvalue weighted by Crippen LogP contribution is -2.28. The summed E-state index contributed by atoms with van der Waals surface area (Å²) in [6.45, 7) is 6.33. The topological polar surface area (TPSA) is 46.9 Å². The second kappa shape index (κ2) is 6.21. The molecule has 0 spiro atoms. The Hall–Kier alpha value is -2.31. The number of hydrogen-bond acceptors (Lipinski definition) is 2. The largest absolute Gasteiger partial charge is 0.350 e. The number of carbonyl (C=O) groups is 1. The molecule has 0 atom stereocenters. The highest BCUT2D eigenvalue weighted by Crippen LogP contribution is 2.15. The van der Waals surface area contributed by atoms with Crippen molar-refractivity contribution in [2.24, 2.45) is 0 Å². The zero-order chi connectivity index (χ0) is 16.4. The Morgan fingerprint density at radius 3 is 2.45 bits per heavy atom. The van der Waals surface area contributed by atoms with Crippen LogP contribution in [-0.4, -0.2) is 22.2 Å². The van der Waals surface area contributed by atoms with Crippen LogP contribution in [-0.2, 0) is 6.54 Å². The van der Waals surface area contributed by atoms with Crippen LogP contribution in [0, 0.1) is 38.2 Å². The molecule has 0 saturated carbocycles. The van der Waals surface area contributed by atoms with E-state index in [4.69, 9.17) is 0 Å². The maximum absolute atomic E-state index is 13.5. The number of rotatable bonds is 4. The van der Waals surface area contributed by atoms with Gasteiger partial charge in [0.2, 0.25) is 0 Å². The zero-order valence-corrected chi connectivity index (χ0v) is 12.5. The summed E-state index contributed by atoms with van der Waals surface area (Å²) in [5.74, 6) is -5.26. The first-order valence-electron chi connectivity index (χ1n) is 6.75. The molecule has 4 nitrogen and oxygen atoms in total. The summed E-state index contributed by atoms with van der Waals surface area (Å²) in [6, 6.07) is 1.63. The van der Waals surface area contributed by atoms with Crippen LogP contribution in [0.1, 0.15) is 27.3 Å². The van der Waals surface area contributed by atoms with E-state index in [1.165, 1.54) is 0 Å². The van der Waals surface area contributed by atoms with E-state index in [0.29, 0.717) is 6.54 Å². The van der Waals surface area contributed by atoms with E-state index >= 15 is 0 Å². The molecule has 118 valence electrons. The van der Waals surface area contributed by atoms with E-state index < -0.39 is 28.9 Å². The Labute approximate surface area is 125 Å². The van der Waals surface area contributed by atoms with Gasteiger partial charge in [0.25, 0.3) is 5.91 Å². The average molecular weight is 311 g/mol. The molecule has 22 heavy (non-hydrogen) atoms. The standard InChI is InChI=1S/C15H16F3N3O/c1-8-9(2)20-21(10(8)3)7-6-19-15(22)11-4-5-12(16)14(18)13(11)17/h4-5H,6-7H2,1-3H3,(H,19,22). The van der Waals surface area contributed by atoms with Crippen LogP contribution in [0.15, 0.2) is 12.1 Å². The van der Waals surface area contributed by atoms with Crippen molar-refractivity contribution in [3.63, 3.8) is 0 Å².